The Morgan fingerprint density at radius 1 is 1.06 bits per heavy atom. The van der Waals surface area contributed by atoms with Crippen LogP contribution in [0, 0.1) is 13.8 Å². The molecule has 1 N–H and O–H groups in total. The maximum absolute atomic E-state index is 13.0. The van der Waals surface area contributed by atoms with Gasteiger partial charge in [-0.1, -0.05) is 22.5 Å². The highest BCUT2D eigenvalue weighted by molar-refractivity contribution is 7.15. The Morgan fingerprint density at radius 3 is 2.44 bits per heavy atom. The van der Waals surface area contributed by atoms with Crippen molar-refractivity contribution in [3.63, 3.8) is 0 Å². The number of thiazole rings is 1. The molecule has 1 aromatic carbocycles. The number of hydrogen-bond acceptors (Lipinski definition) is 8. The quantitative estimate of drug-likeness (QED) is 0.347. The molecule has 0 bridgehead atoms. The van der Waals surface area contributed by atoms with Gasteiger partial charge in [0.1, 0.15) is 21.5 Å². The highest BCUT2D eigenvalue weighted by Crippen LogP contribution is 2.33. The molecule has 0 spiro atoms. The van der Waals surface area contributed by atoms with Crippen LogP contribution in [-0.2, 0) is 6.18 Å². The van der Waals surface area contributed by atoms with Gasteiger partial charge in [-0.3, -0.25) is 9.78 Å². The first-order chi connectivity index (χ1) is 16.1. The third kappa shape index (κ3) is 5.57. The molecule has 0 aliphatic heterocycles. The van der Waals surface area contributed by atoms with E-state index in [2.05, 4.69) is 25.5 Å². The van der Waals surface area contributed by atoms with Gasteiger partial charge in [0, 0.05) is 28.4 Å². The molecule has 0 saturated heterocycles. The second-order valence-electron chi connectivity index (χ2n) is 7.38. The summed E-state index contributed by atoms with van der Waals surface area (Å²) in [6, 6.07) is 6.61. The van der Waals surface area contributed by atoms with Gasteiger partial charge in [-0.05, 0) is 50.6 Å². The zero-order chi connectivity index (χ0) is 24.5. The van der Waals surface area contributed by atoms with Crippen LogP contribution in [0.1, 0.15) is 44.5 Å². The van der Waals surface area contributed by atoms with E-state index >= 15 is 0 Å². The van der Waals surface area contributed by atoms with Crippen molar-refractivity contribution in [2.45, 2.75) is 33.0 Å². The van der Waals surface area contributed by atoms with Gasteiger partial charge < -0.3 is 10.1 Å². The van der Waals surface area contributed by atoms with Gasteiger partial charge in [0.05, 0.1) is 6.04 Å². The first-order valence-electron chi connectivity index (χ1n) is 9.98. The Morgan fingerprint density at radius 2 is 1.85 bits per heavy atom. The molecule has 0 fully saturated rings. The molecule has 176 valence electrons. The largest absolute Gasteiger partial charge is 0.433 e. The number of carbonyl (C=O) groups is 1. The van der Waals surface area contributed by atoms with Crippen LogP contribution in [0.5, 0.6) is 10.9 Å². The summed E-state index contributed by atoms with van der Waals surface area (Å²) in [4.78, 5) is 21.9. The van der Waals surface area contributed by atoms with Gasteiger partial charge in [0.15, 0.2) is 0 Å². The molecule has 0 aliphatic rings. The Balaban J connectivity index is 1.59. The summed E-state index contributed by atoms with van der Waals surface area (Å²) in [5.74, 6) is -0.0451. The number of pyridine rings is 1. The fourth-order valence-corrected chi connectivity index (χ4v) is 4.32. The number of nitrogens with one attached hydrogen (secondary N) is 1. The summed E-state index contributed by atoms with van der Waals surface area (Å²) in [5.41, 5.74) is 0.433. The van der Waals surface area contributed by atoms with Crippen LogP contribution < -0.4 is 10.1 Å². The van der Waals surface area contributed by atoms with Crippen LogP contribution in [0.3, 0.4) is 0 Å². The first kappa shape index (κ1) is 23.8. The fraction of sp³-hybridized carbons (Fsp3) is 0.227. The van der Waals surface area contributed by atoms with Crippen LogP contribution in [0.4, 0.5) is 13.2 Å². The van der Waals surface area contributed by atoms with Gasteiger partial charge >= 0.3 is 6.18 Å². The van der Waals surface area contributed by atoms with E-state index in [1.807, 2.05) is 6.92 Å². The smallest absolute Gasteiger partial charge is 0.430 e. The number of nitrogens with zero attached hydrogens (tertiary/aromatic N) is 4. The zero-order valence-electron chi connectivity index (χ0n) is 18.2. The molecule has 4 aromatic rings. The summed E-state index contributed by atoms with van der Waals surface area (Å²) in [6.07, 6.45) is -1.68. The molecule has 4 rings (SSSR count). The van der Waals surface area contributed by atoms with Gasteiger partial charge in [-0.25, -0.2) is 4.98 Å². The Labute approximate surface area is 200 Å². The number of rotatable bonds is 6. The van der Waals surface area contributed by atoms with Crippen LogP contribution in [0.15, 0.2) is 42.7 Å². The molecule has 12 heteroatoms. The second kappa shape index (κ2) is 9.47. The van der Waals surface area contributed by atoms with E-state index in [1.165, 1.54) is 28.7 Å². The van der Waals surface area contributed by atoms with Gasteiger partial charge in [-0.2, -0.15) is 13.2 Å². The minimum atomic E-state index is -4.53. The van der Waals surface area contributed by atoms with E-state index in [9.17, 15) is 18.0 Å². The molecule has 1 atom stereocenters. The molecule has 0 radical (unpaired) electrons. The van der Waals surface area contributed by atoms with E-state index in [0.29, 0.717) is 32.6 Å². The number of carbonyl (C=O) groups excluding carboxylic acids is 1. The molecular formula is C22H18F3N5O2S2. The molecular weight excluding hydrogens is 487 g/mol. The zero-order valence-corrected chi connectivity index (χ0v) is 19.8. The third-order valence-corrected chi connectivity index (χ3v) is 6.35. The standard InChI is InChI=1S/C22H18F3N5O2S2/c1-11-9-27-20(33-11)16-6-15(7-17(8-16)32-21-30-29-13(3)34-21)19(31)28-12(2)14-4-5-18(26-10-14)22(23,24)25/h4-10,12H,1-3H3,(H,28,31). The van der Waals surface area contributed by atoms with E-state index in [1.54, 1.807) is 38.2 Å². The van der Waals surface area contributed by atoms with Crippen LogP contribution in [0.2, 0.25) is 0 Å². The lowest BCUT2D eigenvalue weighted by Crippen LogP contribution is -2.27. The van der Waals surface area contributed by atoms with Gasteiger partial charge in [0.2, 0.25) is 0 Å². The van der Waals surface area contributed by atoms with Crippen molar-refractivity contribution in [2.24, 2.45) is 0 Å². The predicted molar refractivity (Wildman–Crippen MR) is 122 cm³/mol. The normalized spacial score (nSPS) is 12.4. The summed E-state index contributed by atoms with van der Waals surface area (Å²) in [6.45, 7) is 5.40. The molecule has 0 saturated carbocycles. The van der Waals surface area contributed by atoms with Crippen LogP contribution in [0.25, 0.3) is 10.6 Å². The number of halogens is 3. The lowest BCUT2D eigenvalue weighted by molar-refractivity contribution is -0.141. The maximum Gasteiger partial charge on any atom is 0.433 e. The van der Waals surface area contributed by atoms with Crippen molar-refractivity contribution in [1.82, 2.24) is 25.5 Å². The molecule has 1 unspecified atom stereocenters. The Kier molecular flexibility index (Phi) is 6.62. The summed E-state index contributed by atoms with van der Waals surface area (Å²) in [5, 5.41) is 12.4. The van der Waals surface area contributed by atoms with E-state index < -0.39 is 23.8 Å². The van der Waals surface area contributed by atoms with Crippen molar-refractivity contribution < 1.29 is 22.7 Å². The molecule has 34 heavy (non-hydrogen) atoms. The number of benzene rings is 1. The minimum absolute atomic E-state index is 0.299. The third-order valence-electron chi connectivity index (χ3n) is 4.67. The van der Waals surface area contributed by atoms with Crippen LogP contribution in [-0.4, -0.2) is 26.1 Å². The molecule has 0 aliphatic carbocycles. The number of hydrogen-bond donors (Lipinski definition) is 1. The number of amides is 1. The van der Waals surface area contributed by atoms with E-state index in [0.717, 1.165) is 22.1 Å². The number of aryl methyl sites for hydroxylation is 2. The SMILES string of the molecule is Cc1cnc(-c2cc(Oc3nnc(C)s3)cc(C(=O)NC(C)c3ccc(C(F)(F)F)nc3)c2)s1. The predicted octanol–water partition coefficient (Wildman–Crippen LogP) is 5.98. The first-order valence-corrected chi connectivity index (χ1v) is 11.6. The van der Waals surface area contributed by atoms with Crippen LogP contribution >= 0.6 is 22.7 Å². The lowest BCUT2D eigenvalue weighted by Gasteiger charge is -2.16. The second-order valence-corrected chi connectivity index (χ2v) is 9.76. The minimum Gasteiger partial charge on any atom is -0.430 e. The maximum atomic E-state index is 13.0. The van der Waals surface area contributed by atoms with Crippen molar-refractivity contribution in [2.75, 3.05) is 0 Å². The summed E-state index contributed by atoms with van der Waals surface area (Å²) in [7, 11) is 0. The highest BCUT2D eigenvalue weighted by atomic mass is 32.1. The highest BCUT2D eigenvalue weighted by Gasteiger charge is 2.32. The average Bonchev–Trinajstić information content (AvgIpc) is 3.40. The molecule has 7 nitrogen and oxygen atoms in total. The Hall–Kier alpha value is -3.38. The number of aromatic nitrogens is 4. The van der Waals surface area contributed by atoms with Crippen molar-refractivity contribution in [1.29, 1.82) is 0 Å². The fourth-order valence-electron chi connectivity index (χ4n) is 3.01. The molecule has 3 aromatic heterocycles. The van der Waals surface area contributed by atoms with E-state index in [4.69, 9.17) is 4.74 Å². The van der Waals surface area contributed by atoms with Crippen molar-refractivity contribution >= 4 is 28.6 Å². The molecule has 1 amide bonds. The lowest BCUT2D eigenvalue weighted by atomic mass is 10.1. The van der Waals surface area contributed by atoms with E-state index in [-0.39, 0.29) is 0 Å². The average molecular weight is 506 g/mol. The van der Waals surface area contributed by atoms with Gasteiger partial charge in [-0.15, -0.1) is 16.4 Å². The summed E-state index contributed by atoms with van der Waals surface area (Å²) >= 11 is 2.74. The van der Waals surface area contributed by atoms with Crippen molar-refractivity contribution in [3.8, 4) is 21.5 Å². The van der Waals surface area contributed by atoms with Crippen molar-refractivity contribution in [3.05, 3.63) is 69.4 Å². The summed E-state index contributed by atoms with van der Waals surface area (Å²) < 4.78 is 44.1. The topological polar surface area (TPSA) is 89.9 Å². The molecule has 3 heterocycles. The number of alkyl halides is 3. The Bertz CT molecular complexity index is 1320. The van der Waals surface area contributed by atoms with Gasteiger partial charge in [0.25, 0.3) is 11.1 Å². The number of ether oxygens (including phenoxy) is 1. The monoisotopic (exact) mass is 505 g/mol.